The highest BCUT2D eigenvalue weighted by Gasteiger charge is 2.15. The van der Waals surface area contributed by atoms with Crippen molar-refractivity contribution in [2.24, 2.45) is 0 Å². The molecule has 1 saturated heterocycles. The third-order valence-electron chi connectivity index (χ3n) is 3.91. The molecule has 0 aliphatic carbocycles. The summed E-state index contributed by atoms with van der Waals surface area (Å²) in [5.74, 6) is 0.608. The summed E-state index contributed by atoms with van der Waals surface area (Å²) in [6, 6.07) is 5.79. The fourth-order valence-corrected chi connectivity index (χ4v) is 2.73. The third kappa shape index (κ3) is 3.08. The number of hydrogen-bond donors (Lipinski definition) is 1. The van der Waals surface area contributed by atoms with Gasteiger partial charge in [0.2, 0.25) is 5.95 Å². The lowest BCUT2D eigenvalue weighted by atomic mass is 10.1. The molecule has 1 aromatic heterocycles. The van der Waals surface area contributed by atoms with Gasteiger partial charge in [-0.05, 0) is 38.3 Å². The molecule has 5 heteroatoms. The Balaban J connectivity index is 1.71. The van der Waals surface area contributed by atoms with Crippen LogP contribution in [0.3, 0.4) is 0 Å². The van der Waals surface area contributed by atoms with E-state index in [1.54, 1.807) is 12.4 Å². The summed E-state index contributed by atoms with van der Waals surface area (Å²) in [5, 5.41) is 2.85. The van der Waals surface area contributed by atoms with Gasteiger partial charge in [-0.2, -0.15) is 0 Å². The van der Waals surface area contributed by atoms with E-state index in [9.17, 15) is 4.79 Å². The number of carbonyl (C=O) groups is 1. The summed E-state index contributed by atoms with van der Waals surface area (Å²) in [7, 11) is 0. The second-order valence-corrected chi connectivity index (χ2v) is 5.74. The Morgan fingerprint density at radius 2 is 1.82 bits per heavy atom. The number of nitrogens with one attached hydrogen (secondary N) is 1. The summed E-state index contributed by atoms with van der Waals surface area (Å²) in [4.78, 5) is 23.2. The number of anilines is 2. The lowest BCUT2D eigenvalue weighted by Crippen LogP contribution is -2.20. The van der Waals surface area contributed by atoms with Gasteiger partial charge in [0.15, 0.2) is 0 Å². The molecule has 0 spiro atoms. The predicted octanol–water partition coefficient (Wildman–Crippen LogP) is 2.95. The monoisotopic (exact) mass is 296 g/mol. The smallest absolute Gasteiger partial charge is 0.256 e. The topological polar surface area (TPSA) is 58.1 Å². The first kappa shape index (κ1) is 14.5. The van der Waals surface area contributed by atoms with E-state index in [2.05, 4.69) is 20.2 Å². The van der Waals surface area contributed by atoms with Crippen molar-refractivity contribution in [3.8, 4) is 0 Å². The van der Waals surface area contributed by atoms with Crippen LogP contribution in [-0.2, 0) is 0 Å². The number of aromatic nitrogens is 2. The van der Waals surface area contributed by atoms with E-state index >= 15 is 0 Å². The first-order valence-electron chi connectivity index (χ1n) is 7.59. The van der Waals surface area contributed by atoms with Crippen molar-refractivity contribution < 1.29 is 4.79 Å². The Morgan fingerprint density at radius 3 is 2.45 bits per heavy atom. The molecule has 0 bridgehead atoms. The molecule has 114 valence electrons. The average molecular weight is 296 g/mol. The first-order chi connectivity index (χ1) is 10.6. The SMILES string of the molecule is Cc1ccc(C(=O)Nc2cnc(N3CCCC3)nc2)c(C)c1. The van der Waals surface area contributed by atoms with Gasteiger partial charge in [-0.1, -0.05) is 17.7 Å². The van der Waals surface area contributed by atoms with Gasteiger partial charge < -0.3 is 10.2 Å². The van der Waals surface area contributed by atoms with E-state index in [1.165, 1.54) is 12.8 Å². The van der Waals surface area contributed by atoms with Crippen molar-refractivity contribution in [1.29, 1.82) is 0 Å². The van der Waals surface area contributed by atoms with E-state index in [1.807, 2.05) is 32.0 Å². The molecule has 0 atom stereocenters. The van der Waals surface area contributed by atoms with E-state index < -0.39 is 0 Å². The Morgan fingerprint density at radius 1 is 1.14 bits per heavy atom. The van der Waals surface area contributed by atoms with E-state index in [0.717, 1.165) is 30.2 Å². The Hall–Kier alpha value is -2.43. The van der Waals surface area contributed by atoms with E-state index in [4.69, 9.17) is 0 Å². The van der Waals surface area contributed by atoms with Crippen LogP contribution in [0, 0.1) is 13.8 Å². The number of aryl methyl sites for hydroxylation is 2. The summed E-state index contributed by atoms with van der Waals surface area (Å²) in [5.41, 5.74) is 3.40. The minimum absolute atomic E-state index is 0.130. The minimum atomic E-state index is -0.130. The Bertz CT molecular complexity index is 676. The van der Waals surface area contributed by atoms with Crippen LogP contribution in [0.4, 0.5) is 11.6 Å². The highest BCUT2D eigenvalue weighted by molar-refractivity contribution is 6.05. The molecule has 3 rings (SSSR count). The second-order valence-electron chi connectivity index (χ2n) is 5.74. The van der Waals surface area contributed by atoms with Gasteiger partial charge in [0.1, 0.15) is 0 Å². The van der Waals surface area contributed by atoms with Crippen LogP contribution in [0.5, 0.6) is 0 Å². The Kier molecular flexibility index (Phi) is 4.04. The number of rotatable bonds is 3. The van der Waals surface area contributed by atoms with E-state index in [-0.39, 0.29) is 5.91 Å². The Labute approximate surface area is 130 Å². The van der Waals surface area contributed by atoms with E-state index in [0.29, 0.717) is 11.3 Å². The zero-order chi connectivity index (χ0) is 15.5. The summed E-state index contributed by atoms with van der Waals surface area (Å²) in [6.07, 6.45) is 5.72. The molecular formula is C17H20N4O. The summed E-state index contributed by atoms with van der Waals surface area (Å²) < 4.78 is 0. The maximum atomic E-state index is 12.3. The zero-order valence-corrected chi connectivity index (χ0v) is 13.0. The fourth-order valence-electron chi connectivity index (χ4n) is 2.73. The molecule has 0 saturated carbocycles. The lowest BCUT2D eigenvalue weighted by Gasteiger charge is -2.15. The molecule has 0 unspecified atom stereocenters. The van der Waals surface area contributed by atoms with Crippen molar-refractivity contribution in [3.05, 3.63) is 47.3 Å². The van der Waals surface area contributed by atoms with Gasteiger partial charge in [-0.3, -0.25) is 4.79 Å². The summed E-state index contributed by atoms with van der Waals surface area (Å²) in [6.45, 7) is 5.97. The van der Waals surface area contributed by atoms with Crippen molar-refractivity contribution in [2.75, 3.05) is 23.3 Å². The minimum Gasteiger partial charge on any atom is -0.341 e. The van der Waals surface area contributed by atoms with Crippen molar-refractivity contribution in [1.82, 2.24) is 9.97 Å². The van der Waals surface area contributed by atoms with Crippen LogP contribution >= 0.6 is 0 Å². The number of nitrogens with zero attached hydrogens (tertiary/aromatic N) is 3. The first-order valence-corrected chi connectivity index (χ1v) is 7.59. The van der Waals surface area contributed by atoms with Gasteiger partial charge in [-0.25, -0.2) is 9.97 Å². The molecule has 1 aromatic carbocycles. The molecule has 1 aliphatic heterocycles. The number of benzene rings is 1. The quantitative estimate of drug-likeness (QED) is 0.946. The largest absolute Gasteiger partial charge is 0.341 e. The van der Waals surface area contributed by atoms with Crippen LogP contribution in [0.15, 0.2) is 30.6 Å². The van der Waals surface area contributed by atoms with Crippen LogP contribution < -0.4 is 10.2 Å². The molecular weight excluding hydrogens is 276 g/mol. The maximum Gasteiger partial charge on any atom is 0.256 e. The van der Waals surface area contributed by atoms with Gasteiger partial charge in [0.25, 0.3) is 5.91 Å². The van der Waals surface area contributed by atoms with Crippen LogP contribution in [-0.4, -0.2) is 29.0 Å². The molecule has 5 nitrogen and oxygen atoms in total. The number of amides is 1. The summed E-state index contributed by atoms with van der Waals surface area (Å²) >= 11 is 0. The maximum absolute atomic E-state index is 12.3. The van der Waals surface area contributed by atoms with Crippen LogP contribution in [0.1, 0.15) is 34.3 Å². The molecule has 1 N–H and O–H groups in total. The van der Waals surface area contributed by atoms with Crippen LogP contribution in [0.2, 0.25) is 0 Å². The van der Waals surface area contributed by atoms with Gasteiger partial charge in [0, 0.05) is 18.7 Å². The van der Waals surface area contributed by atoms with Crippen LogP contribution in [0.25, 0.3) is 0 Å². The molecule has 2 heterocycles. The van der Waals surface area contributed by atoms with Crippen molar-refractivity contribution in [2.45, 2.75) is 26.7 Å². The standard InChI is InChI=1S/C17H20N4O/c1-12-5-6-15(13(2)9-12)16(22)20-14-10-18-17(19-11-14)21-7-3-4-8-21/h5-6,9-11H,3-4,7-8H2,1-2H3,(H,20,22). The third-order valence-corrected chi connectivity index (χ3v) is 3.91. The molecule has 22 heavy (non-hydrogen) atoms. The normalized spacial score (nSPS) is 14.2. The molecule has 1 fully saturated rings. The van der Waals surface area contributed by atoms with Gasteiger partial charge in [0.05, 0.1) is 18.1 Å². The van der Waals surface area contributed by atoms with Crippen molar-refractivity contribution in [3.63, 3.8) is 0 Å². The average Bonchev–Trinajstić information content (AvgIpc) is 3.02. The number of carbonyl (C=O) groups excluding carboxylic acids is 1. The number of hydrogen-bond acceptors (Lipinski definition) is 4. The van der Waals surface area contributed by atoms with Gasteiger partial charge >= 0.3 is 0 Å². The molecule has 1 aliphatic rings. The van der Waals surface area contributed by atoms with Gasteiger partial charge in [-0.15, -0.1) is 0 Å². The van der Waals surface area contributed by atoms with Crippen molar-refractivity contribution >= 4 is 17.5 Å². The predicted molar refractivity (Wildman–Crippen MR) is 87.3 cm³/mol. The lowest BCUT2D eigenvalue weighted by molar-refractivity contribution is 0.102. The highest BCUT2D eigenvalue weighted by Crippen LogP contribution is 2.17. The zero-order valence-electron chi connectivity index (χ0n) is 13.0. The fraction of sp³-hybridized carbons (Fsp3) is 0.353. The highest BCUT2D eigenvalue weighted by atomic mass is 16.1. The molecule has 0 radical (unpaired) electrons. The second kappa shape index (κ2) is 6.13. The molecule has 2 aromatic rings. The molecule has 1 amide bonds.